The third-order valence-electron chi connectivity index (χ3n) is 12.6. The highest BCUT2D eigenvalue weighted by atomic mass is 16.5. The number of nitriles is 1. The second-order valence-electron chi connectivity index (χ2n) is 17.6. The Balaban J connectivity index is 1.35. The van der Waals surface area contributed by atoms with Crippen molar-refractivity contribution >= 4 is 29.5 Å². The van der Waals surface area contributed by atoms with Gasteiger partial charge in [-0.3, -0.25) is 24.0 Å². The average Bonchev–Trinajstić information content (AvgIpc) is 3.63. The molecule has 1 aliphatic heterocycles. The zero-order valence-corrected chi connectivity index (χ0v) is 39.9. The van der Waals surface area contributed by atoms with Crippen LogP contribution in [-0.4, -0.2) is 109 Å². The van der Waals surface area contributed by atoms with Crippen molar-refractivity contribution in [3.8, 4) is 40.1 Å². The minimum absolute atomic E-state index is 0.00406. The number of likely N-dealkylation sites (N-methyl/N-ethyl adjacent to an activating group) is 1. The van der Waals surface area contributed by atoms with Gasteiger partial charge < -0.3 is 52.8 Å². The van der Waals surface area contributed by atoms with Crippen LogP contribution in [0.4, 0.5) is 0 Å². The fourth-order valence-electron chi connectivity index (χ4n) is 9.05. The largest absolute Gasteiger partial charge is 0.492 e. The van der Waals surface area contributed by atoms with Gasteiger partial charge in [0, 0.05) is 43.2 Å². The summed E-state index contributed by atoms with van der Waals surface area (Å²) < 4.78 is 12.2. The Bertz CT molecular complexity index is 2500. The van der Waals surface area contributed by atoms with E-state index in [1.165, 1.54) is 63.0 Å². The zero-order chi connectivity index (χ0) is 49.6. The van der Waals surface area contributed by atoms with Crippen molar-refractivity contribution in [2.45, 2.75) is 102 Å². The summed E-state index contributed by atoms with van der Waals surface area (Å²) in [5.41, 5.74) is 22.8. The molecule has 2 heterocycles. The molecule has 1 saturated carbocycles. The van der Waals surface area contributed by atoms with Gasteiger partial charge in [0.1, 0.15) is 55.4 Å². The van der Waals surface area contributed by atoms with Crippen molar-refractivity contribution in [2.75, 3.05) is 46.4 Å². The molecule has 4 unspecified atom stereocenters. The van der Waals surface area contributed by atoms with E-state index >= 15 is 0 Å². The Labute approximate surface area is 403 Å². The van der Waals surface area contributed by atoms with Crippen LogP contribution in [-0.2, 0) is 25.6 Å². The molecule has 4 aromatic rings. The predicted octanol–water partition coefficient (Wildman–Crippen LogP) is 3.37. The number of rotatable bonds is 16. The monoisotopic (exact) mass is 944 g/mol. The fourth-order valence-corrected chi connectivity index (χ4v) is 9.05. The lowest BCUT2D eigenvalue weighted by molar-refractivity contribution is -0.141. The molecule has 0 radical (unpaired) electrons. The van der Waals surface area contributed by atoms with Crippen LogP contribution < -0.4 is 47.9 Å². The molecular formula is C51H65N11O7. The van der Waals surface area contributed by atoms with Crippen molar-refractivity contribution in [3.05, 3.63) is 94.3 Å². The van der Waals surface area contributed by atoms with E-state index in [9.17, 15) is 29.2 Å². The molecule has 5 amide bonds. The summed E-state index contributed by atoms with van der Waals surface area (Å²) >= 11 is 0. The quantitative estimate of drug-likeness (QED) is 0.0628. The molecule has 18 heteroatoms. The normalized spacial score (nSPS) is 18.0. The number of nitrogens with zero attached hydrogens (tertiary/aromatic N) is 4. The van der Waals surface area contributed by atoms with Crippen LogP contribution in [0.15, 0.2) is 60.7 Å². The Morgan fingerprint density at radius 3 is 2.04 bits per heavy atom. The maximum absolute atomic E-state index is 14.8. The maximum atomic E-state index is 14.8. The van der Waals surface area contributed by atoms with Crippen LogP contribution in [0.25, 0.3) is 22.5 Å². The van der Waals surface area contributed by atoms with Crippen LogP contribution in [0.2, 0.25) is 0 Å². The summed E-state index contributed by atoms with van der Waals surface area (Å²) in [7, 11) is 1.43. The number of nitrogens with one attached hydrogen (secondary N) is 4. The lowest BCUT2D eigenvalue weighted by atomic mass is 9.91. The molecular weight excluding hydrogens is 879 g/mol. The Morgan fingerprint density at radius 1 is 0.826 bits per heavy atom. The van der Waals surface area contributed by atoms with Crippen molar-refractivity contribution in [1.29, 1.82) is 5.26 Å². The molecule has 6 rings (SSSR count). The first-order valence-corrected chi connectivity index (χ1v) is 23.7. The minimum Gasteiger partial charge on any atom is -0.492 e. The number of carbonyl (C=O) groups is 5. The van der Waals surface area contributed by atoms with Gasteiger partial charge in [0.2, 0.25) is 23.6 Å². The molecule has 0 saturated heterocycles. The van der Waals surface area contributed by atoms with Crippen molar-refractivity contribution < 1.29 is 33.4 Å². The number of carbonyl (C=O) groups excluding carboxylic acids is 5. The minimum atomic E-state index is -1.40. The summed E-state index contributed by atoms with van der Waals surface area (Å²) in [4.78, 5) is 81.4. The SMILES string of the molecule is Cc1nc(-c2ccc(C3CCCCCC3)cc2)nc(C)c1C(=O)NC(CCN)C(=O)N(C)C1C(=O)NC(C)C(=O)NC(C(=O)NCC#N)Cc2ccc(OCCN)c(c2)-c2cc1ccc2OCCN. The molecule has 4 bridgehead atoms. The topological polar surface area (TPSA) is 283 Å². The molecule has 3 aromatic carbocycles. The lowest BCUT2D eigenvalue weighted by Gasteiger charge is -2.32. The second kappa shape index (κ2) is 24.4. The van der Waals surface area contributed by atoms with Crippen LogP contribution in [0.5, 0.6) is 11.5 Å². The Kier molecular flexibility index (Phi) is 18.2. The smallest absolute Gasteiger partial charge is 0.255 e. The number of amides is 5. The number of ether oxygens (including phenoxy) is 2. The molecule has 18 nitrogen and oxygen atoms in total. The molecule has 1 aliphatic carbocycles. The molecule has 2 aliphatic rings. The van der Waals surface area contributed by atoms with E-state index < -0.39 is 53.7 Å². The molecule has 4 atom stereocenters. The maximum Gasteiger partial charge on any atom is 0.255 e. The van der Waals surface area contributed by atoms with E-state index in [2.05, 4.69) is 33.4 Å². The van der Waals surface area contributed by atoms with E-state index in [4.69, 9.17) is 36.6 Å². The molecule has 69 heavy (non-hydrogen) atoms. The number of aryl methyl sites for hydroxylation is 2. The van der Waals surface area contributed by atoms with Crippen molar-refractivity contribution in [2.24, 2.45) is 17.2 Å². The first-order chi connectivity index (χ1) is 33.3. The Morgan fingerprint density at radius 2 is 1.43 bits per heavy atom. The average molecular weight is 944 g/mol. The summed E-state index contributed by atoms with van der Waals surface area (Å²) in [6.07, 6.45) is 7.41. The Hall–Kier alpha value is -6.94. The fraction of sp³-hybridized carbons (Fsp3) is 0.451. The van der Waals surface area contributed by atoms with E-state index in [1.54, 1.807) is 50.2 Å². The van der Waals surface area contributed by atoms with Gasteiger partial charge in [-0.25, -0.2) is 9.97 Å². The standard InChI is InChI=1S/C51H65N11O7/c1-30-44(31(2)58-46(57-30)36-14-12-35(13-15-36)34-9-7-5-6-8-10-34)49(65)60-40(19-20-52)51(67)62(4)45-37-16-18-43(69-26-23-55)39(29-37)38-27-33(11-17-42(38)68-25-22-54)28-41(48(64)56-24-21-53)61-47(63)32(3)59-50(45)66/h11-18,27,29,32,34,40-41,45H,5-10,19-20,22-26,28,52,54-55H2,1-4H3,(H,56,64)(H,59,66)(H,60,65)(H,61,63). The summed E-state index contributed by atoms with van der Waals surface area (Å²) in [5, 5.41) is 20.0. The molecule has 0 spiro atoms. The highest BCUT2D eigenvalue weighted by Gasteiger charge is 2.36. The van der Waals surface area contributed by atoms with Gasteiger partial charge in [0.15, 0.2) is 5.82 Å². The van der Waals surface area contributed by atoms with Gasteiger partial charge in [-0.1, -0.05) is 62.1 Å². The van der Waals surface area contributed by atoms with E-state index in [-0.39, 0.29) is 57.8 Å². The lowest BCUT2D eigenvalue weighted by Crippen LogP contribution is -2.56. The summed E-state index contributed by atoms with van der Waals surface area (Å²) in [6, 6.07) is 15.4. The highest BCUT2D eigenvalue weighted by Crippen LogP contribution is 2.40. The van der Waals surface area contributed by atoms with E-state index in [1.807, 2.05) is 18.2 Å². The molecule has 366 valence electrons. The number of aromatic nitrogens is 2. The first-order valence-electron chi connectivity index (χ1n) is 23.7. The van der Waals surface area contributed by atoms with Gasteiger partial charge >= 0.3 is 0 Å². The van der Waals surface area contributed by atoms with Crippen molar-refractivity contribution in [3.63, 3.8) is 0 Å². The van der Waals surface area contributed by atoms with E-state index in [0.29, 0.717) is 56.9 Å². The first kappa shape index (κ1) is 51.5. The van der Waals surface area contributed by atoms with Crippen LogP contribution in [0.1, 0.15) is 102 Å². The third kappa shape index (κ3) is 12.8. The van der Waals surface area contributed by atoms with Gasteiger partial charge in [0.05, 0.1) is 23.0 Å². The van der Waals surface area contributed by atoms with Crippen LogP contribution in [0.3, 0.4) is 0 Å². The number of nitrogens with two attached hydrogens (primary N) is 3. The predicted molar refractivity (Wildman–Crippen MR) is 261 cm³/mol. The third-order valence-corrected chi connectivity index (χ3v) is 12.6. The zero-order valence-electron chi connectivity index (χ0n) is 39.9. The van der Waals surface area contributed by atoms with Crippen LogP contribution in [0, 0.1) is 25.2 Å². The molecule has 10 N–H and O–H groups in total. The number of hydrogen-bond donors (Lipinski definition) is 7. The number of fused-ring (bicyclic) bond motifs is 5. The molecule has 1 fully saturated rings. The number of hydrogen-bond acceptors (Lipinski definition) is 13. The van der Waals surface area contributed by atoms with Gasteiger partial charge in [-0.2, -0.15) is 5.26 Å². The van der Waals surface area contributed by atoms with Crippen molar-refractivity contribution in [1.82, 2.24) is 36.1 Å². The summed E-state index contributed by atoms with van der Waals surface area (Å²) in [6.45, 7) is 5.27. The highest BCUT2D eigenvalue weighted by molar-refractivity contribution is 6.00. The van der Waals surface area contributed by atoms with E-state index in [0.717, 1.165) is 5.56 Å². The second-order valence-corrected chi connectivity index (χ2v) is 17.6. The molecule has 1 aromatic heterocycles. The van der Waals surface area contributed by atoms with Gasteiger partial charge in [-0.15, -0.1) is 0 Å². The van der Waals surface area contributed by atoms with Crippen LogP contribution >= 0.6 is 0 Å². The summed E-state index contributed by atoms with van der Waals surface area (Å²) in [5.74, 6) is -1.51. The number of benzene rings is 3. The van der Waals surface area contributed by atoms with Gasteiger partial charge in [0.25, 0.3) is 5.91 Å². The van der Waals surface area contributed by atoms with Gasteiger partial charge in [-0.05, 0) is 93.5 Å².